The lowest BCUT2D eigenvalue weighted by molar-refractivity contribution is -0.384. The second-order valence-corrected chi connectivity index (χ2v) is 5.57. The van der Waals surface area contributed by atoms with Gasteiger partial charge in [0.05, 0.1) is 4.92 Å². The number of nitrogens with zero attached hydrogens (tertiary/aromatic N) is 4. The van der Waals surface area contributed by atoms with E-state index in [1.54, 1.807) is 0 Å². The topological polar surface area (TPSA) is 109 Å². The van der Waals surface area contributed by atoms with E-state index < -0.39 is 10.9 Å². The van der Waals surface area contributed by atoms with Gasteiger partial charge in [-0.15, -0.1) is 0 Å². The average Bonchev–Trinajstić information content (AvgIpc) is 2.39. The van der Waals surface area contributed by atoms with Gasteiger partial charge in [0.1, 0.15) is 6.20 Å². The van der Waals surface area contributed by atoms with Gasteiger partial charge in [-0.25, -0.2) is 4.98 Å². The van der Waals surface area contributed by atoms with Crippen molar-refractivity contribution < 1.29 is 14.8 Å². The van der Waals surface area contributed by atoms with E-state index in [0.29, 0.717) is 19.4 Å². The summed E-state index contributed by atoms with van der Waals surface area (Å²) in [5.41, 5.74) is -0.172. The first-order valence-corrected chi connectivity index (χ1v) is 7.52. The summed E-state index contributed by atoms with van der Waals surface area (Å²) < 4.78 is 0. The van der Waals surface area contributed by atoms with Crippen molar-refractivity contribution in [3.63, 3.8) is 0 Å². The zero-order chi connectivity index (χ0) is 16.1. The van der Waals surface area contributed by atoms with Gasteiger partial charge in [-0.3, -0.25) is 14.9 Å². The molecule has 8 nitrogen and oxygen atoms in total. The number of nitro groups is 1. The van der Waals surface area contributed by atoms with Gasteiger partial charge < -0.3 is 10.0 Å². The van der Waals surface area contributed by atoms with Crippen LogP contribution in [0.15, 0.2) is 6.20 Å². The molecule has 0 aromatic carbocycles. The highest BCUT2D eigenvalue weighted by atomic mass is 35.5. The number of halogens is 1. The summed E-state index contributed by atoms with van der Waals surface area (Å²) in [7, 11) is 0. The lowest BCUT2D eigenvalue weighted by atomic mass is 9.91. The van der Waals surface area contributed by atoms with Crippen molar-refractivity contribution in [3.05, 3.63) is 21.6 Å². The molecular weight excluding hydrogens is 312 g/mol. The summed E-state index contributed by atoms with van der Waals surface area (Å²) >= 11 is 5.79. The average molecular weight is 329 g/mol. The second kappa shape index (κ2) is 7.35. The number of unbranched alkanes of at least 4 members (excludes halogenated alkanes) is 1. The molecule has 0 atom stereocenters. The van der Waals surface area contributed by atoms with E-state index in [0.717, 1.165) is 25.5 Å². The highest BCUT2D eigenvalue weighted by Crippen LogP contribution is 2.34. The molecule has 0 bridgehead atoms. The van der Waals surface area contributed by atoms with Crippen LogP contribution >= 0.6 is 11.6 Å². The molecule has 0 spiro atoms. The fourth-order valence-electron chi connectivity index (χ4n) is 2.40. The third-order valence-electron chi connectivity index (χ3n) is 3.74. The monoisotopic (exact) mass is 328 g/mol. The Morgan fingerprint density at radius 2 is 2.23 bits per heavy atom. The van der Waals surface area contributed by atoms with Crippen LogP contribution in [0.2, 0.25) is 5.28 Å². The SMILES string of the molecule is O=C(O)CCCCN(c1nc(Cl)ncc1[N+](=O)[O-])C1CCC1. The number of hydrogen-bond donors (Lipinski definition) is 1. The van der Waals surface area contributed by atoms with Crippen LogP contribution in [0.4, 0.5) is 11.5 Å². The minimum atomic E-state index is -0.841. The fourth-order valence-corrected chi connectivity index (χ4v) is 2.53. The van der Waals surface area contributed by atoms with E-state index in [2.05, 4.69) is 9.97 Å². The van der Waals surface area contributed by atoms with E-state index in [4.69, 9.17) is 16.7 Å². The lowest BCUT2D eigenvalue weighted by Gasteiger charge is -2.38. The van der Waals surface area contributed by atoms with Gasteiger partial charge in [0.25, 0.3) is 0 Å². The maximum absolute atomic E-state index is 11.2. The fraction of sp³-hybridized carbons (Fsp3) is 0.615. The normalized spacial score (nSPS) is 14.4. The number of carbonyl (C=O) groups is 1. The van der Waals surface area contributed by atoms with Gasteiger partial charge in [0.2, 0.25) is 11.1 Å². The molecule has 1 N–H and O–H groups in total. The summed E-state index contributed by atoms with van der Waals surface area (Å²) in [4.78, 5) is 30.8. The molecule has 0 amide bonds. The summed E-state index contributed by atoms with van der Waals surface area (Å²) in [5.74, 6) is -0.615. The van der Waals surface area contributed by atoms with E-state index in [1.807, 2.05) is 4.90 Å². The summed E-state index contributed by atoms with van der Waals surface area (Å²) in [6.45, 7) is 0.520. The van der Waals surface area contributed by atoms with Crippen molar-refractivity contribution in [1.29, 1.82) is 0 Å². The zero-order valence-electron chi connectivity index (χ0n) is 11.9. The molecule has 120 valence electrons. The number of carboxylic acids is 1. The predicted octanol–water partition coefficient (Wildman–Crippen LogP) is 2.65. The van der Waals surface area contributed by atoms with Crippen molar-refractivity contribution in [1.82, 2.24) is 9.97 Å². The standard InChI is InChI=1S/C13H17ClN4O4/c14-13-15-8-10(18(21)22)12(16-13)17(9-4-3-5-9)7-2-1-6-11(19)20/h8-9H,1-7H2,(H,19,20). The maximum atomic E-state index is 11.2. The Bertz CT molecular complexity index is 565. The van der Waals surface area contributed by atoms with E-state index in [1.165, 1.54) is 0 Å². The first kappa shape index (κ1) is 16.4. The Labute approximate surface area is 132 Å². The van der Waals surface area contributed by atoms with Crippen LogP contribution in [0.3, 0.4) is 0 Å². The third-order valence-corrected chi connectivity index (χ3v) is 3.93. The van der Waals surface area contributed by atoms with E-state index in [9.17, 15) is 14.9 Å². The molecule has 1 aromatic heterocycles. The molecule has 1 fully saturated rings. The maximum Gasteiger partial charge on any atom is 0.329 e. The van der Waals surface area contributed by atoms with Crippen LogP contribution in [0.25, 0.3) is 0 Å². The molecule has 22 heavy (non-hydrogen) atoms. The van der Waals surface area contributed by atoms with Crippen LogP contribution in [-0.4, -0.2) is 38.6 Å². The second-order valence-electron chi connectivity index (χ2n) is 5.23. The molecule has 1 aromatic rings. The molecular formula is C13H17ClN4O4. The molecule has 0 saturated heterocycles. The van der Waals surface area contributed by atoms with Crippen LogP contribution in [0, 0.1) is 10.1 Å². The molecule has 1 heterocycles. The summed E-state index contributed by atoms with van der Waals surface area (Å²) in [5, 5.41) is 19.8. The van der Waals surface area contributed by atoms with Crippen molar-refractivity contribution in [2.75, 3.05) is 11.4 Å². The van der Waals surface area contributed by atoms with Crippen molar-refractivity contribution in [3.8, 4) is 0 Å². The Morgan fingerprint density at radius 1 is 1.50 bits per heavy atom. The number of hydrogen-bond acceptors (Lipinski definition) is 6. The van der Waals surface area contributed by atoms with Crippen LogP contribution in [-0.2, 0) is 4.79 Å². The Hall–Kier alpha value is -1.96. The van der Waals surface area contributed by atoms with Crippen molar-refractivity contribution >= 4 is 29.1 Å². The first-order chi connectivity index (χ1) is 10.5. The predicted molar refractivity (Wildman–Crippen MR) is 80.2 cm³/mol. The highest BCUT2D eigenvalue weighted by Gasteiger charge is 2.31. The van der Waals surface area contributed by atoms with Gasteiger partial charge in [-0.2, -0.15) is 4.98 Å². The van der Waals surface area contributed by atoms with Crippen molar-refractivity contribution in [2.45, 2.75) is 44.6 Å². The molecule has 1 saturated carbocycles. The third kappa shape index (κ3) is 4.03. The molecule has 1 aliphatic rings. The Kier molecular flexibility index (Phi) is 5.48. The number of anilines is 1. The van der Waals surface area contributed by atoms with Crippen LogP contribution in [0.5, 0.6) is 0 Å². The summed E-state index contributed by atoms with van der Waals surface area (Å²) in [6, 6.07) is 0.189. The Balaban J connectivity index is 2.16. The van der Waals surface area contributed by atoms with Gasteiger partial charge in [0, 0.05) is 19.0 Å². The number of carboxylic acid groups (broad SMARTS) is 1. The minimum absolute atomic E-state index is 0.0320. The van der Waals surface area contributed by atoms with Crippen LogP contribution < -0.4 is 4.90 Å². The zero-order valence-corrected chi connectivity index (χ0v) is 12.7. The lowest BCUT2D eigenvalue weighted by Crippen LogP contribution is -2.41. The minimum Gasteiger partial charge on any atom is -0.481 e. The van der Waals surface area contributed by atoms with Crippen molar-refractivity contribution in [2.24, 2.45) is 0 Å². The number of aromatic nitrogens is 2. The molecule has 0 radical (unpaired) electrons. The van der Waals surface area contributed by atoms with Crippen LogP contribution in [0.1, 0.15) is 38.5 Å². The van der Waals surface area contributed by atoms with Gasteiger partial charge in [0.15, 0.2) is 0 Å². The van der Waals surface area contributed by atoms with E-state index in [-0.39, 0.29) is 29.3 Å². The smallest absolute Gasteiger partial charge is 0.329 e. The number of rotatable bonds is 8. The molecule has 0 aliphatic heterocycles. The van der Waals surface area contributed by atoms with Gasteiger partial charge in [-0.05, 0) is 43.7 Å². The first-order valence-electron chi connectivity index (χ1n) is 7.14. The van der Waals surface area contributed by atoms with E-state index >= 15 is 0 Å². The largest absolute Gasteiger partial charge is 0.481 e. The summed E-state index contributed by atoms with van der Waals surface area (Å²) in [6.07, 6.45) is 5.31. The quantitative estimate of drug-likeness (QED) is 0.338. The molecule has 1 aliphatic carbocycles. The molecule has 2 rings (SSSR count). The highest BCUT2D eigenvalue weighted by molar-refractivity contribution is 6.28. The molecule has 0 unspecified atom stereocenters. The number of aliphatic carboxylic acids is 1. The van der Waals surface area contributed by atoms with Gasteiger partial charge >= 0.3 is 11.7 Å². The van der Waals surface area contributed by atoms with Gasteiger partial charge in [-0.1, -0.05) is 0 Å². The molecule has 9 heteroatoms. The Morgan fingerprint density at radius 3 is 2.77 bits per heavy atom.